The van der Waals surface area contributed by atoms with Gasteiger partial charge in [-0.2, -0.15) is 0 Å². The van der Waals surface area contributed by atoms with Gasteiger partial charge in [-0.3, -0.25) is 4.72 Å². The summed E-state index contributed by atoms with van der Waals surface area (Å²) < 4.78 is 32.8. The van der Waals surface area contributed by atoms with Crippen molar-refractivity contribution >= 4 is 21.8 Å². The number of piperidine rings is 1. The second-order valence-electron chi connectivity index (χ2n) is 9.42. The van der Waals surface area contributed by atoms with Crippen molar-refractivity contribution in [3.8, 4) is 0 Å². The summed E-state index contributed by atoms with van der Waals surface area (Å²) in [5.41, 5.74) is 1.36. The third-order valence-corrected chi connectivity index (χ3v) is 8.26. The van der Waals surface area contributed by atoms with Crippen molar-refractivity contribution in [2.75, 3.05) is 17.8 Å². The molecule has 3 fully saturated rings. The molecule has 0 spiro atoms. The smallest absolute Gasteiger partial charge is 0.410 e. The first-order chi connectivity index (χ1) is 13.1. The topological polar surface area (TPSA) is 75.7 Å². The van der Waals surface area contributed by atoms with Crippen molar-refractivity contribution < 1.29 is 17.9 Å². The maximum absolute atomic E-state index is 12.4. The molecule has 3 aliphatic rings. The number of nitrogens with one attached hydrogen (secondary N) is 1. The number of likely N-dealkylation sites (tertiary alicyclic amines) is 1. The number of benzene rings is 1. The molecule has 1 aliphatic heterocycles. The number of anilines is 1. The summed E-state index contributed by atoms with van der Waals surface area (Å²) in [6.07, 6.45) is 2.23. The number of hydrogen-bond acceptors (Lipinski definition) is 4. The van der Waals surface area contributed by atoms with Gasteiger partial charge in [-0.05, 0) is 69.6 Å². The van der Waals surface area contributed by atoms with Gasteiger partial charge in [-0.15, -0.1) is 0 Å². The molecule has 1 aromatic rings. The molecule has 1 aromatic carbocycles. The quantitative estimate of drug-likeness (QED) is 0.808. The van der Waals surface area contributed by atoms with E-state index in [1.807, 2.05) is 43.9 Å². The first-order valence-corrected chi connectivity index (χ1v) is 11.7. The van der Waals surface area contributed by atoms with E-state index in [9.17, 15) is 13.2 Å². The van der Waals surface area contributed by atoms with Crippen LogP contribution in [0.2, 0.25) is 0 Å². The first-order valence-electron chi connectivity index (χ1n) is 10.2. The molecule has 1 saturated heterocycles. The Labute approximate surface area is 167 Å². The Hall–Kier alpha value is -1.76. The van der Waals surface area contributed by atoms with E-state index in [2.05, 4.69) is 17.7 Å². The van der Waals surface area contributed by atoms with Crippen LogP contribution in [0.3, 0.4) is 0 Å². The molecule has 7 heteroatoms. The molecule has 0 radical (unpaired) electrons. The summed E-state index contributed by atoms with van der Waals surface area (Å²) in [7, 11) is -3.26. The molecule has 6 nitrogen and oxygen atoms in total. The largest absolute Gasteiger partial charge is 0.444 e. The predicted octanol–water partition coefficient (Wildman–Crippen LogP) is 3.74. The fraction of sp³-hybridized carbons (Fsp3) is 0.667. The van der Waals surface area contributed by atoms with Crippen molar-refractivity contribution in [1.82, 2.24) is 4.90 Å². The summed E-state index contributed by atoms with van der Waals surface area (Å²) in [6.45, 7) is 9.22. The number of ether oxygens (including phenoxy) is 1. The van der Waals surface area contributed by atoms with Crippen LogP contribution in [0, 0.1) is 11.8 Å². The second kappa shape index (κ2) is 6.37. The van der Waals surface area contributed by atoms with Crippen LogP contribution in [0.1, 0.15) is 52.5 Å². The summed E-state index contributed by atoms with van der Waals surface area (Å²) in [5.74, 6) is 0.806. The van der Waals surface area contributed by atoms with Gasteiger partial charge in [0.25, 0.3) is 0 Å². The summed E-state index contributed by atoms with van der Waals surface area (Å²) >= 11 is 0. The van der Waals surface area contributed by atoms with Gasteiger partial charge >= 0.3 is 6.09 Å². The zero-order valence-electron chi connectivity index (χ0n) is 17.1. The number of hydrogen-bond donors (Lipinski definition) is 1. The van der Waals surface area contributed by atoms with Crippen molar-refractivity contribution in [3.05, 3.63) is 29.8 Å². The molecule has 2 atom stereocenters. The van der Waals surface area contributed by atoms with Gasteiger partial charge in [0.15, 0.2) is 0 Å². The molecule has 2 aliphatic carbocycles. The fourth-order valence-corrected chi connectivity index (χ4v) is 6.24. The lowest BCUT2D eigenvalue weighted by atomic mass is 9.87. The van der Waals surface area contributed by atoms with Crippen LogP contribution in [0.4, 0.5) is 10.5 Å². The number of carbonyl (C=O) groups excluding carboxylic acids is 1. The minimum absolute atomic E-state index is 0.0273. The molecule has 1 heterocycles. The molecular formula is C21H30N2O4S. The Kier molecular flexibility index (Phi) is 4.45. The van der Waals surface area contributed by atoms with Crippen molar-refractivity contribution in [3.63, 3.8) is 0 Å². The van der Waals surface area contributed by atoms with E-state index < -0.39 is 15.6 Å². The highest BCUT2D eigenvalue weighted by molar-refractivity contribution is 7.93. The van der Waals surface area contributed by atoms with E-state index >= 15 is 0 Å². The average Bonchev–Trinajstić information content (AvgIpc) is 3.49. The zero-order valence-corrected chi connectivity index (χ0v) is 17.9. The number of fused-ring (bicyclic) bond motifs is 1. The summed E-state index contributed by atoms with van der Waals surface area (Å²) in [5, 5.41) is -0.237. The number of rotatable bonds is 5. The van der Waals surface area contributed by atoms with Gasteiger partial charge in [-0.25, -0.2) is 13.2 Å². The van der Waals surface area contributed by atoms with Crippen LogP contribution in [-0.2, 0) is 20.2 Å². The van der Waals surface area contributed by atoms with Gasteiger partial charge in [0.2, 0.25) is 10.0 Å². The number of amides is 1. The minimum Gasteiger partial charge on any atom is -0.444 e. The van der Waals surface area contributed by atoms with Gasteiger partial charge in [0.1, 0.15) is 5.60 Å². The zero-order chi connectivity index (χ0) is 20.3. The Morgan fingerprint density at radius 1 is 1.25 bits per heavy atom. The third-order valence-electron chi connectivity index (χ3n) is 6.39. The second-order valence-corrected chi connectivity index (χ2v) is 11.4. The van der Waals surface area contributed by atoms with Gasteiger partial charge in [-0.1, -0.05) is 19.1 Å². The number of nitrogens with zero attached hydrogens (tertiary/aromatic N) is 1. The molecule has 2 saturated carbocycles. The van der Waals surface area contributed by atoms with E-state index in [1.54, 1.807) is 0 Å². The highest BCUT2D eigenvalue weighted by atomic mass is 32.2. The Morgan fingerprint density at radius 3 is 2.43 bits per heavy atom. The van der Waals surface area contributed by atoms with Crippen LogP contribution < -0.4 is 4.72 Å². The van der Waals surface area contributed by atoms with Crippen molar-refractivity contribution in [2.45, 2.75) is 63.2 Å². The molecule has 4 rings (SSSR count). The summed E-state index contributed by atoms with van der Waals surface area (Å²) in [4.78, 5) is 14.2. The van der Waals surface area contributed by atoms with Crippen LogP contribution in [0.5, 0.6) is 0 Å². The SMILES string of the molecule is CCC1(c2cccc(NS(=O)(=O)C3CC3)c2)C2CN(C(=O)OC(C)(C)C)CC21. The molecule has 0 bridgehead atoms. The fourth-order valence-electron chi connectivity index (χ4n) is 4.86. The van der Waals surface area contributed by atoms with Crippen LogP contribution in [0.15, 0.2) is 24.3 Å². The highest BCUT2D eigenvalue weighted by Gasteiger charge is 2.68. The summed E-state index contributed by atoms with van der Waals surface area (Å²) in [6, 6.07) is 7.82. The molecule has 2 unspecified atom stereocenters. The third kappa shape index (κ3) is 3.38. The minimum atomic E-state index is -3.26. The monoisotopic (exact) mass is 406 g/mol. The molecule has 1 amide bonds. The van der Waals surface area contributed by atoms with Crippen LogP contribution in [-0.4, -0.2) is 43.4 Å². The molecule has 154 valence electrons. The molecule has 28 heavy (non-hydrogen) atoms. The molecular weight excluding hydrogens is 376 g/mol. The average molecular weight is 407 g/mol. The normalized spacial score (nSPS) is 29.4. The van der Waals surface area contributed by atoms with E-state index in [0.29, 0.717) is 30.6 Å². The Morgan fingerprint density at radius 2 is 1.89 bits per heavy atom. The lowest BCUT2D eigenvalue weighted by Crippen LogP contribution is -2.39. The highest BCUT2D eigenvalue weighted by Crippen LogP contribution is 2.65. The maximum atomic E-state index is 12.4. The van der Waals surface area contributed by atoms with E-state index in [-0.39, 0.29) is 16.8 Å². The number of carbonyl (C=O) groups is 1. The van der Waals surface area contributed by atoms with Gasteiger partial charge in [0, 0.05) is 24.2 Å². The van der Waals surface area contributed by atoms with Crippen molar-refractivity contribution in [1.29, 1.82) is 0 Å². The predicted molar refractivity (Wildman–Crippen MR) is 109 cm³/mol. The Bertz CT molecular complexity index is 874. The lowest BCUT2D eigenvalue weighted by molar-refractivity contribution is 0.0260. The standard InChI is InChI=1S/C21H30N2O4S/c1-5-21(17-12-23(13-18(17)21)19(24)27-20(2,3)4)14-7-6-8-15(11-14)22-28(25,26)16-9-10-16/h6-8,11,16-18,22H,5,9-10,12-13H2,1-4H3. The van der Waals surface area contributed by atoms with Crippen LogP contribution >= 0.6 is 0 Å². The van der Waals surface area contributed by atoms with E-state index in [0.717, 1.165) is 19.3 Å². The molecule has 1 N–H and O–H groups in total. The van der Waals surface area contributed by atoms with Crippen molar-refractivity contribution in [2.24, 2.45) is 11.8 Å². The van der Waals surface area contributed by atoms with E-state index in [4.69, 9.17) is 4.74 Å². The van der Waals surface area contributed by atoms with Gasteiger partial charge in [0.05, 0.1) is 5.25 Å². The Balaban J connectivity index is 1.48. The maximum Gasteiger partial charge on any atom is 0.410 e. The first kappa shape index (κ1) is 19.6. The number of sulfonamides is 1. The lowest BCUT2D eigenvalue weighted by Gasteiger charge is -2.29. The van der Waals surface area contributed by atoms with E-state index in [1.165, 1.54) is 5.56 Å². The molecule has 0 aromatic heterocycles. The van der Waals surface area contributed by atoms with Crippen LogP contribution in [0.25, 0.3) is 0 Å². The van der Waals surface area contributed by atoms with Gasteiger partial charge < -0.3 is 9.64 Å².